The molecule has 0 bridgehead atoms. The first-order valence-corrected chi connectivity index (χ1v) is 15.3. The Morgan fingerprint density at radius 1 is 1.07 bits per heavy atom. The first-order chi connectivity index (χ1) is 20.1. The quantitative estimate of drug-likeness (QED) is 0.164. The monoisotopic (exact) mass is 605 g/mol. The minimum atomic E-state index is -3.86. The maximum absolute atomic E-state index is 13.6. The van der Waals surface area contributed by atoms with Gasteiger partial charge in [0.05, 0.1) is 32.2 Å². The number of aromatic nitrogens is 5. The lowest BCUT2D eigenvalue weighted by Crippen LogP contribution is -2.34. The van der Waals surface area contributed by atoms with Gasteiger partial charge in [0.15, 0.2) is 0 Å². The fourth-order valence-corrected chi connectivity index (χ4v) is 7.18. The summed E-state index contributed by atoms with van der Waals surface area (Å²) >= 11 is 6.59. The molecule has 0 radical (unpaired) electrons. The highest BCUT2D eigenvalue weighted by Crippen LogP contribution is 2.39. The fraction of sp³-hybridized carbons (Fsp3) is 0.276. The second kappa shape index (κ2) is 10.8. The molecular formula is C29H28ClN7O4S. The lowest BCUT2D eigenvalue weighted by atomic mass is 9.74. The first kappa shape index (κ1) is 27.9. The van der Waals surface area contributed by atoms with Crippen molar-refractivity contribution in [2.45, 2.75) is 50.1 Å². The van der Waals surface area contributed by atoms with E-state index in [2.05, 4.69) is 22.3 Å². The lowest BCUT2D eigenvalue weighted by Gasteiger charge is -2.37. The van der Waals surface area contributed by atoms with E-state index >= 15 is 0 Å². The van der Waals surface area contributed by atoms with Crippen molar-refractivity contribution < 1.29 is 13.3 Å². The average Bonchev–Trinajstić information content (AvgIpc) is 3.61. The maximum Gasteiger partial charge on any atom is 0.306 e. The molecule has 0 amide bonds. The maximum atomic E-state index is 13.6. The Morgan fingerprint density at radius 3 is 2.50 bits per heavy atom. The molecule has 0 unspecified atom stereocenters. The van der Waals surface area contributed by atoms with E-state index < -0.39 is 14.9 Å². The second-order valence-corrected chi connectivity index (χ2v) is 13.2. The van der Waals surface area contributed by atoms with E-state index in [1.807, 2.05) is 12.1 Å². The van der Waals surface area contributed by atoms with Gasteiger partial charge in [0.1, 0.15) is 12.4 Å². The summed E-state index contributed by atoms with van der Waals surface area (Å²) < 4.78 is 30.0. The summed E-state index contributed by atoms with van der Waals surface area (Å²) in [7, 11) is -3.86. The molecular weight excluding hydrogens is 578 g/mol. The highest BCUT2D eigenvalue weighted by molar-refractivity contribution is 7.90. The van der Waals surface area contributed by atoms with Crippen LogP contribution in [0.25, 0.3) is 22.2 Å². The standard InChI is InChI=1S/C29H28ClN7O4S/c1-29(19-35-17-21(15-32-35)37(38)39)13-11-20(12-14-29)33-28-31-16-25(30)27(34-28)24-18-36(26-10-6-5-9-23(24)26)42(40,41)22-7-3-2-4-8-22/h2-10,15-18,20H,11-14,19H2,1H3,(H,31,33,34). The van der Waals surface area contributed by atoms with Crippen molar-refractivity contribution in [2.24, 2.45) is 5.41 Å². The third kappa shape index (κ3) is 5.35. The molecule has 0 atom stereocenters. The van der Waals surface area contributed by atoms with Crippen molar-refractivity contribution in [1.29, 1.82) is 0 Å². The molecule has 216 valence electrons. The van der Waals surface area contributed by atoms with Crippen LogP contribution in [0, 0.1) is 15.5 Å². The normalized spacial score (nSPS) is 19.1. The third-order valence-electron chi connectivity index (χ3n) is 7.88. The number of rotatable bonds is 8. The molecule has 42 heavy (non-hydrogen) atoms. The van der Waals surface area contributed by atoms with Gasteiger partial charge in [-0.15, -0.1) is 0 Å². The minimum Gasteiger partial charge on any atom is -0.351 e. The number of hydrogen-bond donors (Lipinski definition) is 1. The summed E-state index contributed by atoms with van der Waals surface area (Å²) in [5, 5.41) is 19.6. The number of para-hydroxylation sites is 1. The number of benzene rings is 2. The van der Waals surface area contributed by atoms with Crippen molar-refractivity contribution in [2.75, 3.05) is 5.32 Å². The first-order valence-electron chi connectivity index (χ1n) is 13.5. The van der Waals surface area contributed by atoms with Crippen molar-refractivity contribution in [1.82, 2.24) is 23.7 Å². The van der Waals surface area contributed by atoms with Gasteiger partial charge in [0.25, 0.3) is 10.0 Å². The molecule has 0 saturated heterocycles. The smallest absolute Gasteiger partial charge is 0.306 e. The van der Waals surface area contributed by atoms with Crippen LogP contribution in [0.5, 0.6) is 0 Å². The summed E-state index contributed by atoms with van der Waals surface area (Å²) in [4.78, 5) is 19.9. The van der Waals surface area contributed by atoms with Gasteiger partial charge in [0.2, 0.25) is 5.95 Å². The van der Waals surface area contributed by atoms with Crippen LogP contribution in [0.2, 0.25) is 5.02 Å². The van der Waals surface area contributed by atoms with E-state index in [9.17, 15) is 18.5 Å². The molecule has 5 aromatic rings. The summed E-state index contributed by atoms with van der Waals surface area (Å²) in [5.74, 6) is 0.411. The molecule has 1 N–H and O–H groups in total. The summed E-state index contributed by atoms with van der Waals surface area (Å²) in [6, 6.07) is 15.7. The van der Waals surface area contributed by atoms with E-state index in [-0.39, 0.29) is 22.0 Å². The number of nitro groups is 1. The van der Waals surface area contributed by atoms with E-state index in [0.717, 1.165) is 25.7 Å². The summed E-state index contributed by atoms with van der Waals surface area (Å²) in [5.41, 5.74) is 1.49. The molecule has 0 aliphatic heterocycles. The van der Waals surface area contributed by atoms with Gasteiger partial charge >= 0.3 is 5.69 Å². The molecule has 0 spiro atoms. The van der Waals surface area contributed by atoms with Gasteiger partial charge in [-0.1, -0.05) is 54.9 Å². The van der Waals surface area contributed by atoms with Crippen molar-refractivity contribution in [3.8, 4) is 11.3 Å². The third-order valence-corrected chi connectivity index (χ3v) is 9.84. The minimum absolute atomic E-state index is 0.00886. The number of nitrogens with zero attached hydrogens (tertiary/aromatic N) is 6. The number of hydrogen-bond acceptors (Lipinski definition) is 8. The van der Waals surface area contributed by atoms with Crippen LogP contribution in [0.15, 0.2) is 84.3 Å². The van der Waals surface area contributed by atoms with Crippen molar-refractivity contribution in [3.63, 3.8) is 0 Å². The predicted octanol–water partition coefficient (Wildman–Crippen LogP) is 6.15. The predicted molar refractivity (Wildman–Crippen MR) is 160 cm³/mol. The number of nitrogens with one attached hydrogen (secondary N) is 1. The highest BCUT2D eigenvalue weighted by Gasteiger charge is 2.33. The zero-order valence-corrected chi connectivity index (χ0v) is 24.3. The van der Waals surface area contributed by atoms with Gasteiger partial charge in [-0.3, -0.25) is 14.8 Å². The Morgan fingerprint density at radius 2 is 1.79 bits per heavy atom. The molecule has 1 aliphatic rings. The van der Waals surface area contributed by atoms with E-state index in [0.29, 0.717) is 39.7 Å². The number of fused-ring (bicyclic) bond motifs is 1. The molecule has 1 aliphatic carbocycles. The van der Waals surface area contributed by atoms with Crippen LogP contribution in [-0.2, 0) is 16.6 Å². The van der Waals surface area contributed by atoms with Gasteiger partial charge < -0.3 is 5.32 Å². The van der Waals surface area contributed by atoms with Crippen molar-refractivity contribution >= 4 is 44.2 Å². The van der Waals surface area contributed by atoms with Crippen LogP contribution in [0.1, 0.15) is 32.6 Å². The Kier molecular flexibility index (Phi) is 7.19. The molecule has 1 saturated carbocycles. The number of halogens is 1. The SMILES string of the molecule is CC1(Cn2cc([N+](=O)[O-])cn2)CCC(Nc2ncc(Cl)c(-c3cn(S(=O)(=O)c4ccccc4)c4ccccc34)n2)CC1. The van der Waals surface area contributed by atoms with Gasteiger partial charge in [0, 0.05) is 29.7 Å². The molecule has 11 nitrogen and oxygen atoms in total. The van der Waals surface area contributed by atoms with Crippen LogP contribution in [0.3, 0.4) is 0 Å². The van der Waals surface area contributed by atoms with Gasteiger partial charge in [-0.25, -0.2) is 22.4 Å². The Labute approximate surface area is 247 Å². The van der Waals surface area contributed by atoms with Gasteiger partial charge in [-0.2, -0.15) is 5.10 Å². The number of anilines is 1. The second-order valence-electron chi connectivity index (χ2n) is 10.9. The summed E-state index contributed by atoms with van der Waals surface area (Å²) in [6.45, 7) is 2.78. The van der Waals surface area contributed by atoms with Crippen LogP contribution < -0.4 is 5.32 Å². The van der Waals surface area contributed by atoms with E-state index in [1.54, 1.807) is 53.3 Å². The van der Waals surface area contributed by atoms with Crippen molar-refractivity contribution in [3.05, 3.63) is 94.5 Å². The van der Waals surface area contributed by atoms with E-state index in [4.69, 9.17) is 16.6 Å². The van der Waals surface area contributed by atoms with Crippen LogP contribution in [0.4, 0.5) is 11.6 Å². The van der Waals surface area contributed by atoms with Crippen LogP contribution >= 0.6 is 11.6 Å². The molecule has 2 aromatic carbocycles. The largest absolute Gasteiger partial charge is 0.351 e. The Hall–Kier alpha value is -4.29. The zero-order valence-electron chi connectivity index (χ0n) is 22.7. The fourth-order valence-electron chi connectivity index (χ4n) is 5.59. The molecule has 3 heterocycles. The zero-order chi connectivity index (χ0) is 29.5. The summed E-state index contributed by atoms with van der Waals surface area (Å²) in [6.07, 6.45) is 9.35. The highest BCUT2D eigenvalue weighted by atomic mass is 35.5. The van der Waals surface area contributed by atoms with Gasteiger partial charge in [-0.05, 0) is 49.3 Å². The van der Waals surface area contributed by atoms with Crippen LogP contribution in [-0.4, -0.2) is 43.1 Å². The Bertz CT molecular complexity index is 1880. The topological polar surface area (TPSA) is 138 Å². The molecule has 3 aromatic heterocycles. The molecule has 6 rings (SSSR count). The Balaban J connectivity index is 1.23. The van der Waals surface area contributed by atoms with E-state index in [1.165, 1.54) is 22.6 Å². The lowest BCUT2D eigenvalue weighted by molar-refractivity contribution is -0.385. The average molecular weight is 606 g/mol. The molecule has 1 fully saturated rings. The molecule has 13 heteroatoms.